The fourth-order valence-electron chi connectivity index (χ4n) is 13.1. The van der Waals surface area contributed by atoms with Crippen LogP contribution in [-0.2, 0) is 10.3 Å². The van der Waals surface area contributed by atoms with Crippen molar-refractivity contribution in [2.45, 2.75) is 82.4 Å². The van der Waals surface area contributed by atoms with Gasteiger partial charge in [0, 0.05) is 34.6 Å². The highest BCUT2D eigenvalue weighted by molar-refractivity contribution is 7.99. The molecule has 4 nitrogen and oxygen atoms in total. The number of thioether (sulfide) groups is 1. The van der Waals surface area contributed by atoms with Crippen LogP contribution >= 0.6 is 11.8 Å². The molecule has 2 aliphatic heterocycles. The molecule has 2 spiro atoms. The second kappa shape index (κ2) is 9.46. The normalized spacial score (nSPS) is 43.4. The van der Waals surface area contributed by atoms with Gasteiger partial charge in [0.2, 0.25) is 0 Å². The summed E-state index contributed by atoms with van der Waals surface area (Å²) >= 11 is 1.86. The number of rotatable bonds is 1. The standard InChI is InChI=1S/C41H42FNO3S/c1-38-17-15-27(44)19-25(38)11-14-28-30(38)16-18-39(2)32(28)20-40(37(39)46)35(24-9-12-26(42)13-10-24)33-21-47-22-43(33)41(40)31-8-4-6-23-5-3-7-29(34(23)31)36(41)45/h3-13,27-28,30,32-33,35,44H,14-22H2,1-2H3/t27-,28+,30-,32-,33-,35?,38-,39-,40?,41?/m0/s1. The van der Waals surface area contributed by atoms with Gasteiger partial charge in [-0.15, -0.1) is 11.8 Å². The third kappa shape index (κ3) is 3.25. The predicted molar refractivity (Wildman–Crippen MR) is 183 cm³/mol. The fraction of sp³-hybridized carbons (Fsp3) is 0.512. The Morgan fingerprint density at radius 1 is 0.936 bits per heavy atom. The summed E-state index contributed by atoms with van der Waals surface area (Å²) in [7, 11) is 0. The second-order valence-corrected chi connectivity index (χ2v) is 17.4. The number of aliphatic hydroxyl groups excluding tert-OH is 1. The molecule has 0 radical (unpaired) electrons. The summed E-state index contributed by atoms with van der Waals surface area (Å²) < 4.78 is 14.5. The first-order valence-electron chi connectivity index (χ1n) is 17.8. The van der Waals surface area contributed by atoms with Crippen LogP contribution < -0.4 is 0 Å². The van der Waals surface area contributed by atoms with Gasteiger partial charge in [-0.3, -0.25) is 14.5 Å². The number of allylic oxidation sites excluding steroid dienone is 1. The van der Waals surface area contributed by atoms with Crippen molar-refractivity contribution in [2.24, 2.45) is 34.0 Å². The molecule has 5 fully saturated rings. The van der Waals surface area contributed by atoms with Crippen LogP contribution in [0.15, 0.2) is 72.3 Å². The van der Waals surface area contributed by atoms with E-state index in [1.54, 1.807) is 12.1 Å². The van der Waals surface area contributed by atoms with E-state index in [1.165, 1.54) is 5.57 Å². The SMILES string of the molecule is C[C@]12CC[C@H](O)CC1=CC[C@@H]1[C@@H]2CC[C@]2(C)C(=O)C3(C[C@@H]12)C(c1ccc(F)cc1)[C@@H]1CSCN1C31C(=O)c2cccc3cccc1c23. The number of fused-ring (bicyclic) bond motifs is 9. The summed E-state index contributed by atoms with van der Waals surface area (Å²) in [6.45, 7) is 4.68. The van der Waals surface area contributed by atoms with Crippen molar-refractivity contribution in [1.29, 1.82) is 0 Å². The van der Waals surface area contributed by atoms with Gasteiger partial charge in [-0.25, -0.2) is 4.39 Å². The second-order valence-electron chi connectivity index (χ2n) is 16.4. The van der Waals surface area contributed by atoms with E-state index < -0.39 is 16.4 Å². The Hall–Kier alpha value is -2.80. The fourth-order valence-corrected chi connectivity index (χ4v) is 14.4. The minimum atomic E-state index is -1.09. The molecule has 242 valence electrons. The van der Waals surface area contributed by atoms with Crippen molar-refractivity contribution >= 4 is 34.1 Å². The Morgan fingerprint density at radius 2 is 1.70 bits per heavy atom. The number of Topliss-reactive ketones (excluding diaryl/α,β-unsaturated/α-hetero) is 2. The number of carbonyl (C=O) groups is 2. The van der Waals surface area contributed by atoms with Crippen molar-refractivity contribution in [3.05, 3.63) is 94.8 Å². The van der Waals surface area contributed by atoms with Crippen molar-refractivity contribution in [3.8, 4) is 0 Å². The van der Waals surface area contributed by atoms with Gasteiger partial charge >= 0.3 is 0 Å². The van der Waals surface area contributed by atoms with E-state index >= 15 is 9.59 Å². The lowest BCUT2D eigenvalue weighted by Crippen LogP contribution is -2.58. The largest absolute Gasteiger partial charge is 0.393 e. The van der Waals surface area contributed by atoms with Crippen LogP contribution in [0.5, 0.6) is 0 Å². The van der Waals surface area contributed by atoms with Crippen LogP contribution in [-0.4, -0.2) is 45.3 Å². The van der Waals surface area contributed by atoms with Crippen LogP contribution in [0.1, 0.15) is 86.2 Å². The van der Waals surface area contributed by atoms with Crippen molar-refractivity contribution in [1.82, 2.24) is 4.90 Å². The Bertz CT molecular complexity index is 1920. The van der Waals surface area contributed by atoms with Crippen LogP contribution in [0.4, 0.5) is 4.39 Å². The maximum Gasteiger partial charge on any atom is 0.189 e. The van der Waals surface area contributed by atoms with E-state index in [1.807, 2.05) is 36.0 Å². The summed E-state index contributed by atoms with van der Waals surface area (Å²) in [6.07, 6.45) is 8.23. The van der Waals surface area contributed by atoms with Gasteiger partial charge in [0.15, 0.2) is 5.78 Å². The molecular weight excluding hydrogens is 606 g/mol. The van der Waals surface area contributed by atoms with E-state index in [0.29, 0.717) is 24.1 Å². The van der Waals surface area contributed by atoms with Crippen molar-refractivity contribution in [2.75, 3.05) is 11.6 Å². The number of nitrogens with zero attached hydrogens (tertiary/aromatic N) is 1. The molecule has 2 saturated heterocycles. The number of ketones is 2. The van der Waals surface area contributed by atoms with Gasteiger partial charge in [-0.1, -0.05) is 74.0 Å². The first-order valence-corrected chi connectivity index (χ1v) is 18.9. The van der Waals surface area contributed by atoms with E-state index in [0.717, 1.165) is 71.7 Å². The molecule has 3 aromatic rings. The lowest BCUT2D eigenvalue weighted by Gasteiger charge is -2.56. The van der Waals surface area contributed by atoms with Crippen LogP contribution in [0.25, 0.3) is 10.8 Å². The van der Waals surface area contributed by atoms with Gasteiger partial charge in [0.25, 0.3) is 0 Å². The van der Waals surface area contributed by atoms with Gasteiger partial charge in [-0.2, -0.15) is 0 Å². The van der Waals surface area contributed by atoms with Crippen molar-refractivity contribution < 1.29 is 19.1 Å². The Balaban J connectivity index is 1.23. The lowest BCUT2D eigenvalue weighted by molar-refractivity contribution is -0.141. The number of carbonyl (C=O) groups excluding carboxylic acids is 2. The minimum absolute atomic E-state index is 0.00215. The van der Waals surface area contributed by atoms with E-state index in [9.17, 15) is 9.50 Å². The third-order valence-electron chi connectivity index (χ3n) is 14.9. The quantitative estimate of drug-likeness (QED) is 0.271. The van der Waals surface area contributed by atoms with Crippen LogP contribution in [0.3, 0.4) is 0 Å². The average molecular weight is 648 g/mol. The Morgan fingerprint density at radius 3 is 2.51 bits per heavy atom. The van der Waals surface area contributed by atoms with E-state index in [4.69, 9.17) is 0 Å². The number of halogens is 1. The molecule has 0 aromatic heterocycles. The molecule has 3 unspecified atom stereocenters. The predicted octanol–water partition coefficient (Wildman–Crippen LogP) is 8.03. The van der Waals surface area contributed by atoms with Gasteiger partial charge < -0.3 is 5.11 Å². The number of hydrogen-bond acceptors (Lipinski definition) is 5. The average Bonchev–Trinajstić information content (AvgIpc) is 3.77. The molecule has 10 atom stereocenters. The zero-order valence-corrected chi connectivity index (χ0v) is 28.0. The topological polar surface area (TPSA) is 57.6 Å². The molecular formula is C41H42FNO3S. The molecule has 3 aromatic carbocycles. The monoisotopic (exact) mass is 647 g/mol. The van der Waals surface area contributed by atoms with Crippen LogP contribution in [0, 0.1) is 39.8 Å². The molecule has 47 heavy (non-hydrogen) atoms. The molecule has 3 saturated carbocycles. The van der Waals surface area contributed by atoms with Gasteiger partial charge in [0.05, 0.1) is 11.5 Å². The maximum absolute atomic E-state index is 16.1. The lowest BCUT2D eigenvalue weighted by atomic mass is 9.48. The zero-order valence-electron chi connectivity index (χ0n) is 27.2. The summed E-state index contributed by atoms with van der Waals surface area (Å²) in [6, 6.07) is 19.3. The highest BCUT2D eigenvalue weighted by Gasteiger charge is 2.82. The van der Waals surface area contributed by atoms with Gasteiger partial charge in [-0.05, 0) is 102 Å². The minimum Gasteiger partial charge on any atom is -0.393 e. The van der Waals surface area contributed by atoms with Crippen LogP contribution in [0.2, 0.25) is 0 Å². The Kier molecular flexibility index (Phi) is 5.86. The maximum atomic E-state index is 16.1. The molecule has 10 rings (SSSR count). The molecule has 0 amide bonds. The molecule has 1 N–H and O–H groups in total. The smallest absolute Gasteiger partial charge is 0.189 e. The first-order chi connectivity index (χ1) is 22.7. The Labute approximate surface area is 280 Å². The summed E-state index contributed by atoms with van der Waals surface area (Å²) in [5, 5.41) is 12.7. The molecule has 2 heterocycles. The highest BCUT2D eigenvalue weighted by atomic mass is 32.2. The summed E-state index contributed by atoms with van der Waals surface area (Å²) in [5.41, 5.74) is 1.62. The zero-order chi connectivity index (χ0) is 32.1. The van der Waals surface area contributed by atoms with Crippen molar-refractivity contribution in [3.63, 3.8) is 0 Å². The van der Waals surface area contributed by atoms with E-state index in [2.05, 4.69) is 49.1 Å². The molecule has 0 bridgehead atoms. The summed E-state index contributed by atoms with van der Waals surface area (Å²) in [4.78, 5) is 34.1. The van der Waals surface area contributed by atoms with Gasteiger partial charge in [0.1, 0.15) is 17.1 Å². The third-order valence-corrected chi connectivity index (χ3v) is 16.0. The van der Waals surface area contributed by atoms with E-state index in [-0.39, 0.29) is 46.8 Å². The highest BCUT2D eigenvalue weighted by Crippen LogP contribution is 2.77. The molecule has 7 aliphatic rings. The first kappa shape index (κ1) is 29.1. The number of aliphatic hydroxyl groups is 1. The molecule has 5 aliphatic carbocycles. The number of hydrogen-bond donors (Lipinski definition) is 1. The summed E-state index contributed by atoms with van der Waals surface area (Å²) in [5.74, 6) is 2.39. The molecule has 6 heteroatoms. The number of benzene rings is 3.